The number of hydrogen-bond acceptors (Lipinski definition) is 2. The molecule has 1 aliphatic heterocycles. The number of rotatable bonds is 2. The molecule has 2 nitrogen and oxygen atoms in total. The van der Waals surface area contributed by atoms with Crippen molar-refractivity contribution in [3.63, 3.8) is 0 Å². The molecule has 0 spiro atoms. The minimum Gasteiger partial charge on any atom is -0.483 e. The van der Waals surface area contributed by atoms with Crippen LogP contribution in [0.1, 0.15) is 20.3 Å². The van der Waals surface area contributed by atoms with Gasteiger partial charge in [-0.15, -0.1) is 0 Å². The van der Waals surface area contributed by atoms with Gasteiger partial charge in [-0.1, -0.05) is 12.1 Å². The van der Waals surface area contributed by atoms with Gasteiger partial charge in [0.15, 0.2) is 11.5 Å². The molecule has 0 aliphatic carbocycles. The van der Waals surface area contributed by atoms with Crippen molar-refractivity contribution in [1.29, 1.82) is 0 Å². The third-order valence-corrected chi connectivity index (χ3v) is 2.52. The maximum atomic E-state index is 12.9. The lowest BCUT2D eigenvalue weighted by Gasteiger charge is -2.33. The minimum absolute atomic E-state index is 0.331. The molecule has 2 atom stereocenters. The smallest absolute Gasteiger partial charge is 0.249 e. The molecule has 0 saturated carbocycles. The van der Waals surface area contributed by atoms with Crippen molar-refractivity contribution < 1.29 is 18.3 Å². The third kappa shape index (κ3) is 2.43. The van der Waals surface area contributed by atoms with Gasteiger partial charge in [0.1, 0.15) is 12.2 Å². The first kappa shape index (κ1) is 11.2. The standard InChI is InChI=1S/C12H14F2O2/c1-8-11(7-12(2,13)14)16-10-6-4-3-5-9(10)15-8/h3-6,8,11H,7H2,1-2H3. The Kier molecular flexibility index (Phi) is 2.74. The predicted octanol–water partition coefficient (Wildman–Crippen LogP) is 3.26. The van der Waals surface area contributed by atoms with Crippen molar-refractivity contribution in [3.8, 4) is 11.5 Å². The first-order chi connectivity index (χ1) is 7.46. The van der Waals surface area contributed by atoms with Crippen LogP contribution in [0.15, 0.2) is 24.3 Å². The molecule has 88 valence electrons. The average molecular weight is 228 g/mol. The van der Waals surface area contributed by atoms with E-state index in [1.54, 1.807) is 25.1 Å². The minimum atomic E-state index is -2.74. The highest BCUT2D eigenvalue weighted by atomic mass is 19.3. The zero-order chi connectivity index (χ0) is 11.8. The summed E-state index contributed by atoms with van der Waals surface area (Å²) in [5, 5.41) is 0. The molecular weight excluding hydrogens is 214 g/mol. The number of fused-ring (bicyclic) bond motifs is 1. The number of hydrogen-bond donors (Lipinski definition) is 0. The summed E-state index contributed by atoms with van der Waals surface area (Å²) in [7, 11) is 0. The van der Waals surface area contributed by atoms with Crippen LogP contribution in [0.2, 0.25) is 0 Å². The fourth-order valence-corrected chi connectivity index (χ4v) is 1.74. The van der Waals surface area contributed by atoms with E-state index >= 15 is 0 Å². The lowest BCUT2D eigenvalue weighted by atomic mass is 10.1. The highest BCUT2D eigenvalue weighted by molar-refractivity contribution is 5.41. The monoisotopic (exact) mass is 228 g/mol. The second kappa shape index (κ2) is 3.92. The molecule has 0 N–H and O–H groups in total. The van der Waals surface area contributed by atoms with Gasteiger partial charge in [0.05, 0.1) is 6.42 Å². The second-order valence-corrected chi connectivity index (χ2v) is 4.20. The maximum Gasteiger partial charge on any atom is 0.249 e. The Hall–Kier alpha value is -1.32. The Morgan fingerprint density at radius 1 is 1.19 bits per heavy atom. The Morgan fingerprint density at radius 3 is 2.31 bits per heavy atom. The van der Waals surface area contributed by atoms with Gasteiger partial charge in [0, 0.05) is 0 Å². The molecule has 0 bridgehead atoms. The van der Waals surface area contributed by atoms with Crippen LogP contribution in [0.25, 0.3) is 0 Å². The van der Waals surface area contributed by atoms with Crippen LogP contribution in [0.5, 0.6) is 11.5 Å². The summed E-state index contributed by atoms with van der Waals surface area (Å²) < 4.78 is 36.9. The molecule has 1 aliphatic rings. The van der Waals surface area contributed by atoms with E-state index in [1.165, 1.54) is 0 Å². The van der Waals surface area contributed by atoms with Crippen molar-refractivity contribution in [3.05, 3.63) is 24.3 Å². The van der Waals surface area contributed by atoms with Crippen molar-refractivity contribution >= 4 is 0 Å². The Bertz CT molecular complexity index is 374. The maximum absolute atomic E-state index is 12.9. The Morgan fingerprint density at radius 2 is 1.75 bits per heavy atom. The van der Waals surface area contributed by atoms with Gasteiger partial charge in [0.25, 0.3) is 0 Å². The van der Waals surface area contributed by atoms with E-state index < -0.39 is 12.0 Å². The van der Waals surface area contributed by atoms with Crippen LogP contribution >= 0.6 is 0 Å². The number of ether oxygens (including phenoxy) is 2. The predicted molar refractivity (Wildman–Crippen MR) is 56.2 cm³/mol. The normalized spacial score (nSPS) is 24.2. The Labute approximate surface area is 93.2 Å². The number of alkyl halides is 2. The molecule has 1 aromatic carbocycles. The van der Waals surface area contributed by atoms with Gasteiger partial charge < -0.3 is 9.47 Å². The van der Waals surface area contributed by atoms with E-state index in [-0.39, 0.29) is 12.5 Å². The van der Waals surface area contributed by atoms with E-state index in [9.17, 15) is 8.78 Å². The quantitative estimate of drug-likeness (QED) is 0.773. The summed E-state index contributed by atoms with van der Waals surface area (Å²) in [4.78, 5) is 0. The van der Waals surface area contributed by atoms with Crippen LogP contribution in [-0.2, 0) is 0 Å². The molecule has 4 heteroatoms. The molecule has 16 heavy (non-hydrogen) atoms. The van der Waals surface area contributed by atoms with E-state index in [0.717, 1.165) is 6.92 Å². The second-order valence-electron chi connectivity index (χ2n) is 4.20. The van der Waals surface area contributed by atoms with Crippen molar-refractivity contribution in [1.82, 2.24) is 0 Å². The molecule has 2 rings (SSSR count). The molecule has 0 fully saturated rings. The molecule has 0 amide bonds. The van der Waals surface area contributed by atoms with Gasteiger partial charge in [-0.25, -0.2) is 8.78 Å². The van der Waals surface area contributed by atoms with Crippen molar-refractivity contribution in [2.24, 2.45) is 0 Å². The Balaban J connectivity index is 2.15. The topological polar surface area (TPSA) is 18.5 Å². The summed E-state index contributed by atoms with van der Waals surface area (Å²) in [6, 6.07) is 7.11. The first-order valence-electron chi connectivity index (χ1n) is 5.26. The molecule has 1 heterocycles. The highest BCUT2D eigenvalue weighted by Gasteiger charge is 2.35. The van der Waals surface area contributed by atoms with Gasteiger partial charge in [-0.05, 0) is 26.0 Å². The fourth-order valence-electron chi connectivity index (χ4n) is 1.74. The van der Waals surface area contributed by atoms with Gasteiger partial charge in [-0.3, -0.25) is 0 Å². The van der Waals surface area contributed by atoms with E-state index in [1.807, 2.05) is 6.07 Å². The molecule has 0 saturated heterocycles. The zero-order valence-electron chi connectivity index (χ0n) is 9.24. The van der Waals surface area contributed by atoms with Gasteiger partial charge in [-0.2, -0.15) is 0 Å². The zero-order valence-corrected chi connectivity index (χ0v) is 9.24. The summed E-state index contributed by atoms with van der Waals surface area (Å²) >= 11 is 0. The van der Waals surface area contributed by atoms with Gasteiger partial charge in [0.2, 0.25) is 5.92 Å². The van der Waals surface area contributed by atoms with Crippen LogP contribution < -0.4 is 9.47 Å². The third-order valence-electron chi connectivity index (χ3n) is 2.52. The van der Waals surface area contributed by atoms with E-state index in [2.05, 4.69) is 0 Å². The molecule has 0 radical (unpaired) electrons. The molecule has 1 aromatic rings. The van der Waals surface area contributed by atoms with Crippen LogP contribution in [0, 0.1) is 0 Å². The molecule has 2 unspecified atom stereocenters. The summed E-state index contributed by atoms with van der Waals surface area (Å²) in [5.41, 5.74) is 0. The first-order valence-corrected chi connectivity index (χ1v) is 5.26. The largest absolute Gasteiger partial charge is 0.483 e. The average Bonchev–Trinajstić information content (AvgIpc) is 2.17. The number of benzene rings is 1. The van der Waals surface area contributed by atoms with Crippen molar-refractivity contribution in [2.75, 3.05) is 0 Å². The van der Waals surface area contributed by atoms with Crippen molar-refractivity contribution in [2.45, 2.75) is 38.4 Å². The lowest BCUT2D eigenvalue weighted by molar-refractivity contribution is -0.0588. The summed E-state index contributed by atoms with van der Waals surface area (Å²) in [6.07, 6.45) is -1.29. The lowest BCUT2D eigenvalue weighted by Crippen LogP contribution is -2.40. The van der Waals surface area contributed by atoms with Crippen LogP contribution in [-0.4, -0.2) is 18.1 Å². The van der Waals surface area contributed by atoms with E-state index in [0.29, 0.717) is 11.5 Å². The number of para-hydroxylation sites is 2. The summed E-state index contributed by atoms with van der Waals surface area (Å²) in [6.45, 7) is 2.63. The fraction of sp³-hybridized carbons (Fsp3) is 0.500. The van der Waals surface area contributed by atoms with Gasteiger partial charge >= 0.3 is 0 Å². The summed E-state index contributed by atoms with van der Waals surface area (Å²) in [5.74, 6) is -1.59. The van der Waals surface area contributed by atoms with Crippen LogP contribution in [0.3, 0.4) is 0 Å². The number of halogens is 2. The molecular formula is C12H14F2O2. The van der Waals surface area contributed by atoms with Crippen LogP contribution in [0.4, 0.5) is 8.78 Å². The SMILES string of the molecule is CC1Oc2ccccc2OC1CC(C)(F)F. The highest BCUT2D eigenvalue weighted by Crippen LogP contribution is 2.36. The molecule has 0 aromatic heterocycles. The van der Waals surface area contributed by atoms with E-state index in [4.69, 9.17) is 9.47 Å².